The molecular formula is C24H26ClN3O4. The molecule has 0 saturated carbocycles. The smallest absolute Gasteiger partial charge is 0.329 e. The molecule has 7 nitrogen and oxygen atoms in total. The number of imidazole rings is 1. The molecule has 0 N–H and O–H groups in total. The molecule has 5 rings (SSSR count). The van der Waals surface area contributed by atoms with Gasteiger partial charge in [0.05, 0.1) is 28.3 Å². The molecule has 168 valence electrons. The van der Waals surface area contributed by atoms with E-state index in [0.29, 0.717) is 36.9 Å². The van der Waals surface area contributed by atoms with Crippen molar-refractivity contribution in [3.63, 3.8) is 0 Å². The number of carbonyl (C=O) groups is 1. The van der Waals surface area contributed by atoms with E-state index in [4.69, 9.17) is 21.1 Å². The first-order valence-electron chi connectivity index (χ1n) is 10.9. The fraction of sp³-hybridized carbons (Fsp3) is 0.417. The van der Waals surface area contributed by atoms with E-state index in [0.717, 1.165) is 23.9 Å². The number of benzene rings is 2. The van der Waals surface area contributed by atoms with Crippen molar-refractivity contribution in [2.24, 2.45) is 7.05 Å². The lowest BCUT2D eigenvalue weighted by Gasteiger charge is -2.39. The van der Waals surface area contributed by atoms with E-state index in [-0.39, 0.29) is 24.2 Å². The average Bonchev–Trinajstić information content (AvgIpc) is 3.29. The Kier molecular flexibility index (Phi) is 5.47. The summed E-state index contributed by atoms with van der Waals surface area (Å²) >= 11 is 6.23. The standard InChI is InChI=1S/C24H26ClN3O4/c1-26-19-8-3-4-9-20(19)28(23(26)30)14-22(29)27-12-6-11-24(16-27)13-17(15-31-24)32-21-10-5-2-7-18(21)25/h2-5,7-10,17H,6,11-16H2,1H3/t17-,24-/m1/s1. The fourth-order valence-electron chi connectivity index (χ4n) is 4.94. The molecule has 32 heavy (non-hydrogen) atoms. The highest BCUT2D eigenvalue weighted by Gasteiger charge is 2.45. The van der Waals surface area contributed by atoms with Gasteiger partial charge in [-0.3, -0.25) is 13.9 Å². The Bertz CT molecular complexity index is 1220. The van der Waals surface area contributed by atoms with Crippen molar-refractivity contribution >= 4 is 28.5 Å². The van der Waals surface area contributed by atoms with Gasteiger partial charge >= 0.3 is 5.69 Å². The quantitative estimate of drug-likeness (QED) is 0.606. The molecule has 1 aromatic heterocycles. The molecule has 0 bridgehead atoms. The highest BCUT2D eigenvalue weighted by atomic mass is 35.5. The molecule has 0 aliphatic carbocycles. The lowest BCUT2D eigenvalue weighted by molar-refractivity contribution is -0.139. The van der Waals surface area contributed by atoms with Crippen LogP contribution in [0.5, 0.6) is 5.75 Å². The predicted octanol–water partition coefficient (Wildman–Crippen LogP) is 3.22. The van der Waals surface area contributed by atoms with E-state index < -0.39 is 5.60 Å². The number of hydrogen-bond donors (Lipinski definition) is 0. The number of rotatable bonds is 4. The average molecular weight is 456 g/mol. The van der Waals surface area contributed by atoms with Gasteiger partial charge in [-0.2, -0.15) is 0 Å². The van der Waals surface area contributed by atoms with Crippen LogP contribution in [0.1, 0.15) is 19.3 Å². The summed E-state index contributed by atoms with van der Waals surface area (Å²) in [5.41, 5.74) is 0.991. The summed E-state index contributed by atoms with van der Waals surface area (Å²) in [6.45, 7) is 1.67. The number of ether oxygens (including phenoxy) is 2. The monoisotopic (exact) mass is 455 g/mol. The highest BCUT2D eigenvalue weighted by molar-refractivity contribution is 6.32. The molecule has 3 aromatic rings. The van der Waals surface area contributed by atoms with Gasteiger partial charge in [0.15, 0.2) is 0 Å². The Hall–Kier alpha value is -2.77. The summed E-state index contributed by atoms with van der Waals surface area (Å²) in [6.07, 6.45) is 2.34. The first-order chi connectivity index (χ1) is 15.5. The Labute approximate surface area is 191 Å². The van der Waals surface area contributed by atoms with Crippen molar-refractivity contribution in [3.05, 3.63) is 64.0 Å². The van der Waals surface area contributed by atoms with Crippen molar-refractivity contribution < 1.29 is 14.3 Å². The van der Waals surface area contributed by atoms with Crippen LogP contribution in [-0.4, -0.2) is 51.3 Å². The summed E-state index contributed by atoms with van der Waals surface area (Å²) in [5.74, 6) is 0.584. The summed E-state index contributed by atoms with van der Waals surface area (Å²) < 4.78 is 15.4. The maximum atomic E-state index is 13.2. The second-order valence-corrected chi connectivity index (χ2v) is 9.11. The summed E-state index contributed by atoms with van der Waals surface area (Å²) in [4.78, 5) is 27.7. The molecule has 1 amide bonds. The van der Waals surface area contributed by atoms with E-state index >= 15 is 0 Å². The first-order valence-corrected chi connectivity index (χ1v) is 11.3. The molecule has 2 aliphatic heterocycles. The third-order valence-corrected chi connectivity index (χ3v) is 6.85. The number of carbonyl (C=O) groups excluding carboxylic acids is 1. The van der Waals surface area contributed by atoms with Gasteiger partial charge in [0.25, 0.3) is 0 Å². The predicted molar refractivity (Wildman–Crippen MR) is 122 cm³/mol. The number of fused-ring (bicyclic) bond motifs is 1. The number of piperidine rings is 1. The van der Waals surface area contributed by atoms with Gasteiger partial charge in [0.1, 0.15) is 18.4 Å². The molecule has 2 atom stereocenters. The molecule has 0 radical (unpaired) electrons. The van der Waals surface area contributed by atoms with Crippen LogP contribution in [0.4, 0.5) is 0 Å². The number of likely N-dealkylation sites (tertiary alicyclic amines) is 1. The van der Waals surface area contributed by atoms with Crippen molar-refractivity contribution in [1.82, 2.24) is 14.0 Å². The van der Waals surface area contributed by atoms with E-state index in [1.807, 2.05) is 47.4 Å². The molecular weight excluding hydrogens is 430 g/mol. The molecule has 8 heteroatoms. The van der Waals surface area contributed by atoms with Crippen LogP contribution in [0.25, 0.3) is 11.0 Å². The molecule has 2 fully saturated rings. The molecule has 2 aromatic carbocycles. The lowest BCUT2D eigenvalue weighted by Crippen LogP contribution is -2.51. The number of nitrogens with zero attached hydrogens (tertiary/aromatic N) is 3. The zero-order valence-electron chi connectivity index (χ0n) is 18.0. The van der Waals surface area contributed by atoms with Gasteiger partial charge in [-0.05, 0) is 37.1 Å². The Balaban J connectivity index is 1.28. The second kappa shape index (κ2) is 8.30. The number of para-hydroxylation sites is 3. The molecule has 3 heterocycles. The molecule has 2 aliphatic rings. The lowest BCUT2D eigenvalue weighted by atomic mass is 9.89. The van der Waals surface area contributed by atoms with Crippen LogP contribution in [0.15, 0.2) is 53.3 Å². The minimum Gasteiger partial charge on any atom is -0.486 e. The van der Waals surface area contributed by atoms with Gasteiger partial charge in [-0.15, -0.1) is 0 Å². The van der Waals surface area contributed by atoms with Crippen molar-refractivity contribution in [1.29, 1.82) is 0 Å². The maximum absolute atomic E-state index is 13.2. The Morgan fingerprint density at radius 3 is 2.75 bits per heavy atom. The van der Waals surface area contributed by atoms with Crippen LogP contribution >= 0.6 is 11.6 Å². The number of aromatic nitrogens is 2. The van der Waals surface area contributed by atoms with Gasteiger partial charge in [-0.25, -0.2) is 4.79 Å². The van der Waals surface area contributed by atoms with Crippen LogP contribution < -0.4 is 10.4 Å². The van der Waals surface area contributed by atoms with Crippen molar-refractivity contribution in [2.75, 3.05) is 19.7 Å². The molecule has 2 saturated heterocycles. The maximum Gasteiger partial charge on any atom is 0.329 e. The Morgan fingerprint density at radius 1 is 1.19 bits per heavy atom. The summed E-state index contributed by atoms with van der Waals surface area (Å²) in [7, 11) is 1.73. The highest BCUT2D eigenvalue weighted by Crippen LogP contribution is 2.37. The number of hydrogen-bond acceptors (Lipinski definition) is 4. The van der Waals surface area contributed by atoms with E-state index in [1.165, 1.54) is 0 Å². The van der Waals surface area contributed by atoms with Gasteiger partial charge in [0, 0.05) is 26.6 Å². The Morgan fingerprint density at radius 2 is 1.94 bits per heavy atom. The van der Waals surface area contributed by atoms with Crippen LogP contribution in [-0.2, 0) is 23.1 Å². The normalized spacial score (nSPS) is 23.2. The third-order valence-electron chi connectivity index (χ3n) is 6.54. The van der Waals surface area contributed by atoms with Gasteiger partial charge < -0.3 is 14.4 Å². The van der Waals surface area contributed by atoms with Crippen LogP contribution in [0, 0.1) is 0 Å². The number of halogens is 1. The van der Waals surface area contributed by atoms with Crippen molar-refractivity contribution in [3.8, 4) is 5.75 Å². The summed E-state index contributed by atoms with van der Waals surface area (Å²) in [6, 6.07) is 14.9. The van der Waals surface area contributed by atoms with Crippen LogP contribution in [0.2, 0.25) is 5.02 Å². The van der Waals surface area contributed by atoms with E-state index in [1.54, 1.807) is 22.2 Å². The molecule has 1 spiro atoms. The zero-order chi connectivity index (χ0) is 22.3. The topological polar surface area (TPSA) is 65.7 Å². The number of aryl methyl sites for hydroxylation is 1. The third kappa shape index (κ3) is 3.80. The largest absolute Gasteiger partial charge is 0.486 e. The minimum atomic E-state index is -0.413. The van der Waals surface area contributed by atoms with Gasteiger partial charge in [-0.1, -0.05) is 35.9 Å². The van der Waals surface area contributed by atoms with Crippen molar-refractivity contribution in [2.45, 2.75) is 37.5 Å². The minimum absolute atomic E-state index is 0.0236. The second-order valence-electron chi connectivity index (χ2n) is 8.70. The first kappa shape index (κ1) is 21.1. The summed E-state index contributed by atoms with van der Waals surface area (Å²) in [5, 5.41) is 0.578. The van der Waals surface area contributed by atoms with Gasteiger partial charge in [0.2, 0.25) is 5.91 Å². The number of amides is 1. The zero-order valence-corrected chi connectivity index (χ0v) is 18.8. The SMILES string of the molecule is Cn1c(=O)n(CC(=O)N2CCC[C@@]3(C[C@@H](Oc4ccccc4Cl)CO3)C2)c2ccccc21. The van der Waals surface area contributed by atoms with E-state index in [9.17, 15) is 9.59 Å². The van der Waals surface area contributed by atoms with E-state index in [2.05, 4.69) is 0 Å². The molecule has 0 unspecified atom stereocenters. The van der Waals surface area contributed by atoms with Crippen LogP contribution in [0.3, 0.4) is 0 Å². The fourth-order valence-corrected chi connectivity index (χ4v) is 5.12.